The number of hydrogen-bond acceptors (Lipinski definition) is 14. The van der Waals surface area contributed by atoms with E-state index < -0.39 is 71.8 Å². The summed E-state index contributed by atoms with van der Waals surface area (Å²) >= 11 is 0. The van der Waals surface area contributed by atoms with Crippen LogP contribution in [0.4, 0.5) is 0 Å². The third-order valence-electron chi connectivity index (χ3n) is 14.5. The molecule has 0 aromatic carbocycles. The van der Waals surface area contributed by atoms with Gasteiger partial charge in [0.25, 0.3) is 11.7 Å². The Balaban J connectivity index is 1.68. The zero-order chi connectivity index (χ0) is 49.4. The smallest absolute Gasteiger partial charge is 0.329 e. The van der Waals surface area contributed by atoms with Crippen molar-refractivity contribution < 1.29 is 67.7 Å². The Morgan fingerprint density at radius 1 is 0.851 bits per heavy atom. The molecule has 1 saturated carbocycles. The number of fused-ring (bicyclic) bond motifs is 3. The van der Waals surface area contributed by atoms with E-state index in [4.69, 9.17) is 28.4 Å². The second kappa shape index (κ2) is 27.1. The molecule has 15 heteroatoms. The third kappa shape index (κ3) is 15.5. The molecule has 15 nitrogen and oxygen atoms in total. The van der Waals surface area contributed by atoms with Gasteiger partial charge in [-0.05, 0) is 107 Å². The van der Waals surface area contributed by atoms with Crippen LogP contribution in [0.15, 0.2) is 47.6 Å². The highest BCUT2D eigenvalue weighted by atomic mass is 16.6. The van der Waals surface area contributed by atoms with E-state index in [-0.39, 0.29) is 80.5 Å². The zero-order valence-corrected chi connectivity index (χ0v) is 41.6. The number of nitrogens with zero attached hydrogens (tertiary/aromatic N) is 1. The van der Waals surface area contributed by atoms with Crippen molar-refractivity contribution in [3.63, 3.8) is 0 Å². The van der Waals surface area contributed by atoms with Crippen molar-refractivity contribution >= 4 is 29.2 Å². The molecule has 1 aliphatic carbocycles. The number of rotatable bonds is 9. The summed E-state index contributed by atoms with van der Waals surface area (Å²) in [5.41, 5.74) is 1.27. The van der Waals surface area contributed by atoms with Gasteiger partial charge >= 0.3 is 5.97 Å². The summed E-state index contributed by atoms with van der Waals surface area (Å²) in [7, 11) is 4.58. The van der Waals surface area contributed by atoms with Gasteiger partial charge in [-0.3, -0.25) is 19.2 Å². The quantitative estimate of drug-likeness (QED) is 0.139. The molecule has 0 unspecified atom stereocenters. The van der Waals surface area contributed by atoms with E-state index in [9.17, 15) is 39.3 Å². The molecule has 378 valence electrons. The molecular weight excluding hydrogens is 863 g/mol. The lowest BCUT2D eigenvalue weighted by atomic mass is 9.78. The van der Waals surface area contributed by atoms with Crippen molar-refractivity contribution in [3.05, 3.63) is 47.6 Å². The molecular formula is C52H81NO14. The van der Waals surface area contributed by atoms with Crippen LogP contribution in [0.1, 0.15) is 125 Å². The summed E-state index contributed by atoms with van der Waals surface area (Å²) < 4.78 is 35.4. The second-order valence-electron chi connectivity index (χ2n) is 19.6. The summed E-state index contributed by atoms with van der Waals surface area (Å²) in [4.78, 5) is 71.7. The van der Waals surface area contributed by atoms with Gasteiger partial charge in [0.05, 0.1) is 37.6 Å². The molecule has 0 aromatic rings. The highest BCUT2D eigenvalue weighted by molar-refractivity contribution is 6.39. The van der Waals surface area contributed by atoms with Crippen LogP contribution in [0.3, 0.4) is 0 Å². The normalized spacial score (nSPS) is 37.2. The Morgan fingerprint density at radius 2 is 1.60 bits per heavy atom. The molecule has 3 aliphatic heterocycles. The number of hydrogen-bond donors (Lipinski definition) is 3. The number of carbonyl (C=O) groups is 5. The molecule has 67 heavy (non-hydrogen) atoms. The van der Waals surface area contributed by atoms with Gasteiger partial charge in [-0.1, -0.05) is 64.2 Å². The van der Waals surface area contributed by atoms with E-state index in [0.29, 0.717) is 63.4 Å². The number of methoxy groups -OCH3 is 3. The Labute approximate surface area is 398 Å². The third-order valence-corrected chi connectivity index (χ3v) is 14.5. The molecule has 14 atom stereocenters. The van der Waals surface area contributed by atoms with E-state index in [0.717, 1.165) is 12.0 Å². The first kappa shape index (κ1) is 56.2. The number of ketones is 3. The average molecular weight is 944 g/mol. The van der Waals surface area contributed by atoms with Crippen LogP contribution in [0.5, 0.6) is 0 Å². The number of carbonyl (C=O) groups excluding carboxylic acids is 5. The molecule has 0 radical (unpaired) electrons. The molecule has 1 amide bonds. The molecule has 2 saturated heterocycles. The summed E-state index contributed by atoms with van der Waals surface area (Å²) in [6.07, 6.45) is 12.2. The summed E-state index contributed by atoms with van der Waals surface area (Å²) in [5.74, 6) is -7.48. The number of allylic oxidation sites excluding steroid dienone is 6. The fourth-order valence-corrected chi connectivity index (χ4v) is 10.1. The Bertz CT molecular complexity index is 1770. The van der Waals surface area contributed by atoms with E-state index in [2.05, 4.69) is 0 Å². The first-order valence-electron chi connectivity index (χ1n) is 24.6. The van der Waals surface area contributed by atoms with E-state index in [1.54, 1.807) is 41.1 Å². The summed E-state index contributed by atoms with van der Waals surface area (Å²) in [6, 6.07) is -1.14. The van der Waals surface area contributed by atoms with Crippen LogP contribution >= 0.6 is 0 Å². The van der Waals surface area contributed by atoms with Crippen molar-refractivity contribution in [1.29, 1.82) is 0 Å². The predicted octanol–water partition coefficient (Wildman–Crippen LogP) is 5.95. The molecule has 0 spiro atoms. The van der Waals surface area contributed by atoms with Gasteiger partial charge in [-0.15, -0.1) is 0 Å². The van der Waals surface area contributed by atoms with Crippen molar-refractivity contribution in [2.24, 2.45) is 29.6 Å². The van der Waals surface area contributed by atoms with Crippen LogP contribution in [0.2, 0.25) is 0 Å². The van der Waals surface area contributed by atoms with Gasteiger partial charge in [0, 0.05) is 59.0 Å². The number of ether oxygens (including phenoxy) is 6. The van der Waals surface area contributed by atoms with Crippen LogP contribution in [0, 0.1) is 29.6 Å². The topological polar surface area (TPSA) is 205 Å². The number of esters is 1. The van der Waals surface area contributed by atoms with Gasteiger partial charge in [-0.25, -0.2) is 4.79 Å². The van der Waals surface area contributed by atoms with E-state index >= 15 is 0 Å². The molecule has 3 N–H and O–H groups in total. The molecule has 0 aromatic heterocycles. The minimum Gasteiger partial charge on any atom is -0.460 e. The standard InChI is InChI=1S/C52H81NO14/c1-32-15-11-10-12-16-33(2)44(62-7)30-39-21-19-37(6)52(61,67-39)49(58)50(59)53-24-14-13-17-40(53)51(60)66-45(35(4)28-38-20-23-43(65-26-25-54)46(29-38)63-8)31-42(56)34(3)27-36(5)47(57)48(64-9)41(55)22-18-32/h10-12,15-16,27,32,34-35,37-40,43-48,54,57,61H,13-14,17-26,28-31H2,1-9H3/b12-10?,15-11+,33-16?,36-27+/t32-,34-,35-,37-,38+,39+,40+,43-,44+,45+,46-,47-,48+,52-/m1/s1. The highest BCUT2D eigenvalue weighted by Crippen LogP contribution is 2.38. The Morgan fingerprint density at radius 3 is 2.28 bits per heavy atom. The number of piperidine rings is 1. The largest absolute Gasteiger partial charge is 0.460 e. The maximum Gasteiger partial charge on any atom is 0.329 e. The highest BCUT2D eigenvalue weighted by Gasteiger charge is 2.53. The van der Waals surface area contributed by atoms with Gasteiger partial charge in [0.2, 0.25) is 5.79 Å². The Hall–Kier alpha value is -3.41. The van der Waals surface area contributed by atoms with E-state index in [1.165, 1.54) is 12.0 Å². The predicted molar refractivity (Wildman–Crippen MR) is 251 cm³/mol. The molecule has 4 rings (SSSR count). The maximum atomic E-state index is 14.4. The SMILES string of the molecule is CO[C@H]1C[C@@H]2CC[C@@H](C)[C@@](O)(O2)C(=O)C(=O)N2CCCC[C@H]2C(=O)O[C@H]([C@H](C)C[C@@H]2CC[C@@H](OCCO)[C@H](OC)C2)CC(=O)[C@H](C)/C=C(\C)[C@@H](O)[C@@H](OC)C(=O)CC[C@H](C)/C=C/C=CC=C1C. The summed E-state index contributed by atoms with van der Waals surface area (Å²) in [6.45, 7) is 11.0. The van der Waals surface area contributed by atoms with Crippen molar-refractivity contribution in [1.82, 2.24) is 4.90 Å². The van der Waals surface area contributed by atoms with Crippen LogP contribution in [-0.4, -0.2) is 145 Å². The molecule has 2 bridgehead atoms. The van der Waals surface area contributed by atoms with Crippen molar-refractivity contribution in [2.45, 2.75) is 180 Å². The number of Topliss-reactive ketones (excluding diaryl/α,β-unsaturated/α-hetero) is 3. The second-order valence-corrected chi connectivity index (χ2v) is 19.6. The van der Waals surface area contributed by atoms with Gasteiger partial charge in [-0.2, -0.15) is 0 Å². The summed E-state index contributed by atoms with van der Waals surface area (Å²) in [5, 5.41) is 32.6. The molecule has 3 fully saturated rings. The number of amides is 1. The van der Waals surface area contributed by atoms with E-state index in [1.807, 2.05) is 51.2 Å². The van der Waals surface area contributed by atoms with Crippen molar-refractivity contribution in [2.75, 3.05) is 41.1 Å². The minimum absolute atomic E-state index is 0.0389. The lowest BCUT2D eigenvalue weighted by molar-refractivity contribution is -0.265. The van der Waals surface area contributed by atoms with Crippen LogP contribution < -0.4 is 0 Å². The average Bonchev–Trinajstić information content (AvgIpc) is 3.31. The number of aliphatic hydroxyl groups is 3. The van der Waals surface area contributed by atoms with Gasteiger partial charge in [0.15, 0.2) is 5.78 Å². The van der Waals surface area contributed by atoms with Crippen LogP contribution in [-0.2, 0) is 52.4 Å². The lowest BCUT2D eigenvalue weighted by Crippen LogP contribution is -2.61. The first-order chi connectivity index (χ1) is 31.9. The lowest BCUT2D eigenvalue weighted by Gasteiger charge is -2.42. The van der Waals surface area contributed by atoms with Crippen molar-refractivity contribution in [3.8, 4) is 0 Å². The fraction of sp³-hybridized carbons (Fsp3) is 0.750. The minimum atomic E-state index is -2.43. The number of cyclic esters (lactones) is 1. The first-order valence-corrected chi connectivity index (χ1v) is 24.6. The van der Waals surface area contributed by atoms with Gasteiger partial charge in [0.1, 0.15) is 30.1 Å². The van der Waals surface area contributed by atoms with Gasteiger partial charge < -0.3 is 48.6 Å². The zero-order valence-electron chi connectivity index (χ0n) is 41.6. The molecule has 3 heterocycles. The number of aliphatic hydroxyl groups excluding tert-OH is 2. The maximum absolute atomic E-state index is 14.4. The monoisotopic (exact) mass is 944 g/mol. The molecule has 4 aliphatic rings. The van der Waals surface area contributed by atoms with Crippen LogP contribution in [0.25, 0.3) is 0 Å². The Kier molecular flexibility index (Phi) is 22.7. The fourth-order valence-electron chi connectivity index (χ4n) is 10.1.